The van der Waals surface area contributed by atoms with Crippen LogP contribution in [0.25, 0.3) is 0 Å². The van der Waals surface area contributed by atoms with Gasteiger partial charge in [-0.25, -0.2) is 0 Å². The number of thioether (sulfide) groups is 1. The third-order valence-electron chi connectivity index (χ3n) is 2.24. The van der Waals surface area contributed by atoms with Gasteiger partial charge in [0.1, 0.15) is 11.3 Å². The predicted molar refractivity (Wildman–Crippen MR) is 65.8 cm³/mol. The molecule has 1 atom stereocenters. The van der Waals surface area contributed by atoms with Crippen LogP contribution in [-0.4, -0.2) is 23.3 Å². The van der Waals surface area contributed by atoms with Gasteiger partial charge < -0.3 is 4.74 Å². The van der Waals surface area contributed by atoms with Crippen LogP contribution in [-0.2, 0) is 9.53 Å². The van der Waals surface area contributed by atoms with Gasteiger partial charge in [0, 0.05) is 10.6 Å². The lowest BCUT2D eigenvalue weighted by Crippen LogP contribution is -2.15. The molecule has 0 aliphatic rings. The standard InChI is InChI=1S/C12H14N2O2S/c1-7-5-11(10(6-13)8(2)14-7)17-9(3)12(15)16-4/h5,9H,1-4H3. The lowest BCUT2D eigenvalue weighted by atomic mass is 10.2. The fourth-order valence-electron chi connectivity index (χ4n) is 1.43. The van der Waals surface area contributed by atoms with Crippen LogP contribution in [0.4, 0.5) is 0 Å². The zero-order valence-electron chi connectivity index (χ0n) is 10.3. The molecule has 1 aromatic heterocycles. The lowest BCUT2D eigenvalue weighted by Gasteiger charge is -2.11. The SMILES string of the molecule is COC(=O)C(C)Sc1cc(C)nc(C)c1C#N. The van der Waals surface area contributed by atoms with Crippen molar-refractivity contribution in [2.24, 2.45) is 0 Å². The second kappa shape index (κ2) is 5.69. The number of esters is 1. The molecule has 5 heteroatoms. The van der Waals surface area contributed by atoms with Crippen LogP contribution in [0.1, 0.15) is 23.9 Å². The predicted octanol–water partition coefficient (Wildman–Crippen LogP) is 2.22. The quantitative estimate of drug-likeness (QED) is 0.608. The first-order valence-corrected chi connectivity index (χ1v) is 6.00. The number of nitriles is 1. The van der Waals surface area contributed by atoms with Gasteiger partial charge in [-0.3, -0.25) is 9.78 Å². The van der Waals surface area contributed by atoms with Crippen molar-refractivity contribution in [2.75, 3.05) is 7.11 Å². The summed E-state index contributed by atoms with van der Waals surface area (Å²) < 4.78 is 4.66. The van der Waals surface area contributed by atoms with E-state index in [4.69, 9.17) is 5.26 Å². The van der Waals surface area contributed by atoms with E-state index in [9.17, 15) is 4.79 Å². The van der Waals surface area contributed by atoms with Crippen molar-refractivity contribution in [1.29, 1.82) is 5.26 Å². The highest BCUT2D eigenvalue weighted by atomic mass is 32.2. The van der Waals surface area contributed by atoms with Crippen molar-refractivity contribution < 1.29 is 9.53 Å². The molecule has 0 aliphatic carbocycles. The molecule has 0 saturated carbocycles. The van der Waals surface area contributed by atoms with Crippen LogP contribution in [0.5, 0.6) is 0 Å². The third-order valence-corrected chi connectivity index (χ3v) is 3.36. The average molecular weight is 250 g/mol. The topological polar surface area (TPSA) is 63.0 Å². The van der Waals surface area contributed by atoms with Crippen molar-refractivity contribution in [2.45, 2.75) is 30.9 Å². The molecule has 90 valence electrons. The Bertz CT molecular complexity index is 480. The maximum absolute atomic E-state index is 11.3. The van der Waals surface area contributed by atoms with Gasteiger partial charge in [-0.1, -0.05) is 0 Å². The summed E-state index contributed by atoms with van der Waals surface area (Å²) in [6.07, 6.45) is 0. The second-order valence-corrected chi connectivity index (χ2v) is 5.00. The summed E-state index contributed by atoms with van der Waals surface area (Å²) in [6.45, 7) is 5.40. The average Bonchev–Trinajstić information content (AvgIpc) is 2.27. The molecule has 0 saturated heterocycles. The number of ether oxygens (including phenoxy) is 1. The Balaban J connectivity index is 3.06. The second-order valence-electron chi connectivity index (χ2n) is 3.62. The van der Waals surface area contributed by atoms with Crippen molar-refractivity contribution in [3.8, 4) is 6.07 Å². The molecule has 17 heavy (non-hydrogen) atoms. The molecule has 1 aromatic rings. The van der Waals surface area contributed by atoms with Gasteiger partial charge in [-0.2, -0.15) is 5.26 Å². The maximum Gasteiger partial charge on any atom is 0.318 e. The number of rotatable bonds is 3. The monoisotopic (exact) mass is 250 g/mol. The maximum atomic E-state index is 11.3. The summed E-state index contributed by atoms with van der Waals surface area (Å²) in [4.78, 5) is 16.3. The molecule has 0 aromatic carbocycles. The van der Waals surface area contributed by atoms with E-state index in [1.807, 2.05) is 13.0 Å². The molecule has 1 heterocycles. The highest BCUT2D eigenvalue weighted by Crippen LogP contribution is 2.29. The lowest BCUT2D eigenvalue weighted by molar-refractivity contribution is -0.139. The van der Waals surface area contributed by atoms with E-state index >= 15 is 0 Å². The van der Waals surface area contributed by atoms with Gasteiger partial charge in [0.2, 0.25) is 0 Å². The fourth-order valence-corrected chi connectivity index (χ4v) is 2.55. The molecular weight excluding hydrogens is 236 g/mol. The Kier molecular flexibility index (Phi) is 4.53. The van der Waals surface area contributed by atoms with Gasteiger partial charge in [0.15, 0.2) is 0 Å². The number of hydrogen-bond acceptors (Lipinski definition) is 5. The highest BCUT2D eigenvalue weighted by molar-refractivity contribution is 8.00. The van der Waals surface area contributed by atoms with E-state index in [0.29, 0.717) is 11.3 Å². The van der Waals surface area contributed by atoms with Crippen LogP contribution in [0.2, 0.25) is 0 Å². The number of carbonyl (C=O) groups excluding carboxylic acids is 1. The van der Waals surface area contributed by atoms with Crippen molar-refractivity contribution >= 4 is 17.7 Å². The van der Waals surface area contributed by atoms with E-state index in [1.165, 1.54) is 18.9 Å². The summed E-state index contributed by atoms with van der Waals surface area (Å²) in [5.74, 6) is -0.300. The minimum absolute atomic E-state index is 0.300. The third kappa shape index (κ3) is 3.21. The number of nitrogens with zero attached hydrogens (tertiary/aromatic N) is 2. The van der Waals surface area contributed by atoms with Crippen molar-refractivity contribution in [1.82, 2.24) is 4.98 Å². The van der Waals surface area contributed by atoms with Gasteiger partial charge in [0.25, 0.3) is 0 Å². The number of aryl methyl sites for hydroxylation is 2. The van der Waals surface area contributed by atoms with Crippen LogP contribution in [0.3, 0.4) is 0 Å². The molecule has 4 nitrogen and oxygen atoms in total. The molecule has 0 amide bonds. The zero-order chi connectivity index (χ0) is 13.0. The Hall–Kier alpha value is -1.54. The number of methoxy groups -OCH3 is 1. The molecule has 0 aliphatic heterocycles. The first-order chi connectivity index (χ1) is 7.99. The van der Waals surface area contributed by atoms with E-state index < -0.39 is 0 Å². The van der Waals surface area contributed by atoms with E-state index in [1.54, 1.807) is 13.8 Å². The Morgan fingerprint density at radius 3 is 2.76 bits per heavy atom. The zero-order valence-corrected chi connectivity index (χ0v) is 11.1. The number of pyridine rings is 1. The number of aromatic nitrogens is 1. The Morgan fingerprint density at radius 2 is 2.24 bits per heavy atom. The van der Waals surface area contributed by atoms with E-state index in [-0.39, 0.29) is 11.2 Å². The van der Waals surface area contributed by atoms with Crippen molar-refractivity contribution in [3.63, 3.8) is 0 Å². The van der Waals surface area contributed by atoms with E-state index in [0.717, 1.165) is 10.6 Å². The van der Waals surface area contributed by atoms with Crippen LogP contribution in [0.15, 0.2) is 11.0 Å². The summed E-state index contributed by atoms with van der Waals surface area (Å²) in [5, 5.41) is 8.74. The Morgan fingerprint density at radius 1 is 1.59 bits per heavy atom. The number of carbonyl (C=O) groups is 1. The molecular formula is C12H14N2O2S. The summed E-state index contributed by atoms with van der Waals surface area (Å²) in [5.41, 5.74) is 2.05. The van der Waals surface area contributed by atoms with Gasteiger partial charge in [0.05, 0.1) is 18.4 Å². The molecule has 1 unspecified atom stereocenters. The minimum Gasteiger partial charge on any atom is -0.468 e. The molecule has 0 fully saturated rings. The smallest absolute Gasteiger partial charge is 0.318 e. The fraction of sp³-hybridized carbons (Fsp3) is 0.417. The molecule has 0 N–H and O–H groups in total. The normalized spacial score (nSPS) is 11.7. The molecule has 0 radical (unpaired) electrons. The summed E-state index contributed by atoms with van der Waals surface area (Å²) >= 11 is 1.32. The molecule has 1 rings (SSSR count). The van der Waals surface area contributed by atoms with Crippen LogP contribution in [0, 0.1) is 25.2 Å². The van der Waals surface area contributed by atoms with E-state index in [2.05, 4.69) is 15.8 Å². The highest BCUT2D eigenvalue weighted by Gasteiger charge is 2.18. The van der Waals surface area contributed by atoms with Gasteiger partial charge in [-0.05, 0) is 26.8 Å². The minimum atomic E-state index is -0.340. The van der Waals surface area contributed by atoms with Crippen molar-refractivity contribution in [3.05, 3.63) is 23.0 Å². The first-order valence-electron chi connectivity index (χ1n) is 5.12. The summed E-state index contributed by atoms with van der Waals surface area (Å²) in [6, 6.07) is 3.93. The number of hydrogen-bond donors (Lipinski definition) is 0. The molecule has 0 bridgehead atoms. The van der Waals surface area contributed by atoms with Gasteiger partial charge in [-0.15, -0.1) is 11.8 Å². The van der Waals surface area contributed by atoms with Crippen LogP contribution >= 0.6 is 11.8 Å². The van der Waals surface area contributed by atoms with Crippen LogP contribution < -0.4 is 0 Å². The Labute approximate surface area is 105 Å². The largest absolute Gasteiger partial charge is 0.468 e. The van der Waals surface area contributed by atoms with Gasteiger partial charge >= 0.3 is 5.97 Å². The molecule has 0 spiro atoms. The first kappa shape index (κ1) is 13.5. The summed E-state index contributed by atoms with van der Waals surface area (Å²) in [7, 11) is 1.35.